The van der Waals surface area contributed by atoms with Crippen LogP contribution >= 0.6 is 11.3 Å². The molecule has 1 rings (SSSR count). The van der Waals surface area contributed by atoms with Crippen LogP contribution < -0.4 is 10.2 Å². The number of aromatic nitrogens is 1. The van der Waals surface area contributed by atoms with Crippen LogP contribution in [-0.2, 0) is 0 Å². The molecule has 0 aliphatic carbocycles. The second kappa shape index (κ2) is 6.90. The number of thiazole rings is 1. The summed E-state index contributed by atoms with van der Waals surface area (Å²) in [6, 6.07) is 0.244. The van der Waals surface area contributed by atoms with Crippen LogP contribution in [0.15, 0.2) is 10.2 Å². The van der Waals surface area contributed by atoms with Gasteiger partial charge in [-0.05, 0) is 39.0 Å². The average molecular weight is 298 g/mol. The van der Waals surface area contributed by atoms with E-state index in [9.17, 15) is 4.79 Å². The van der Waals surface area contributed by atoms with Crippen LogP contribution in [0.25, 0.3) is 0 Å². The van der Waals surface area contributed by atoms with Crippen molar-refractivity contribution in [2.24, 2.45) is 5.41 Å². The van der Waals surface area contributed by atoms with Crippen molar-refractivity contribution in [2.75, 3.05) is 0 Å². The summed E-state index contributed by atoms with van der Waals surface area (Å²) in [5.74, 6) is 0. The minimum absolute atomic E-state index is 0.0374. The summed E-state index contributed by atoms with van der Waals surface area (Å²) in [6.07, 6.45) is 4.73. The summed E-state index contributed by atoms with van der Waals surface area (Å²) >= 11 is 1.25. The molecule has 0 radical (unpaired) electrons. The van der Waals surface area contributed by atoms with Gasteiger partial charge in [-0.15, -0.1) is 0 Å². The van der Waals surface area contributed by atoms with Gasteiger partial charge in [-0.3, -0.25) is 4.79 Å². The number of nitrogens with one attached hydrogen (secondary N) is 2. The minimum Gasteiger partial charge on any atom is -0.315 e. The minimum atomic E-state index is 0.0374. The lowest BCUT2D eigenvalue weighted by Gasteiger charge is -2.28. The zero-order valence-electron chi connectivity index (χ0n) is 13.8. The van der Waals surface area contributed by atoms with E-state index in [4.69, 9.17) is 0 Å². The quantitative estimate of drug-likeness (QED) is 0.761. The molecule has 0 amide bonds. The summed E-state index contributed by atoms with van der Waals surface area (Å²) < 4.78 is 0. The first kappa shape index (κ1) is 17.4. The van der Waals surface area contributed by atoms with Gasteiger partial charge in [0.15, 0.2) is 0 Å². The van der Waals surface area contributed by atoms with E-state index in [1.165, 1.54) is 30.6 Å². The molecule has 1 aromatic heterocycles. The molecule has 0 saturated carbocycles. The van der Waals surface area contributed by atoms with Gasteiger partial charge in [0.05, 0.1) is 0 Å². The maximum atomic E-state index is 11.4. The Balaban J connectivity index is 2.58. The third-order valence-corrected chi connectivity index (χ3v) is 3.88. The highest BCUT2D eigenvalue weighted by atomic mass is 32.1. The van der Waals surface area contributed by atoms with Crippen LogP contribution in [-0.4, -0.2) is 10.5 Å². The Morgan fingerprint density at radius 2 is 1.85 bits per heavy atom. The van der Waals surface area contributed by atoms with Crippen LogP contribution in [0.3, 0.4) is 0 Å². The van der Waals surface area contributed by atoms with Crippen molar-refractivity contribution in [1.82, 2.24) is 10.3 Å². The molecule has 0 aromatic carbocycles. The smallest absolute Gasteiger partial charge is 0.304 e. The Kier molecular flexibility index (Phi) is 6.02. The maximum Gasteiger partial charge on any atom is 0.304 e. The molecule has 0 aliphatic rings. The molecule has 20 heavy (non-hydrogen) atoms. The molecule has 1 unspecified atom stereocenters. The first-order chi connectivity index (χ1) is 9.07. The van der Waals surface area contributed by atoms with E-state index >= 15 is 0 Å². The Morgan fingerprint density at radius 3 is 2.30 bits per heavy atom. The fraction of sp³-hybridized carbons (Fsp3) is 0.812. The lowest BCUT2D eigenvalue weighted by molar-refractivity contribution is 0.320. The van der Waals surface area contributed by atoms with Gasteiger partial charge >= 0.3 is 4.87 Å². The molecule has 0 aliphatic heterocycles. The summed E-state index contributed by atoms with van der Waals surface area (Å²) in [6.45, 7) is 13.4. The topological polar surface area (TPSA) is 44.9 Å². The third-order valence-electron chi connectivity index (χ3n) is 3.19. The second-order valence-electron chi connectivity index (χ2n) is 7.86. The molecule has 3 nitrogen and oxygen atoms in total. The van der Waals surface area contributed by atoms with E-state index in [1.54, 1.807) is 0 Å². The first-order valence-electron chi connectivity index (χ1n) is 7.52. The van der Waals surface area contributed by atoms with Gasteiger partial charge in [0, 0.05) is 22.7 Å². The molecule has 1 atom stereocenters. The molecule has 0 saturated heterocycles. The molecular weight excluding hydrogens is 268 g/mol. The van der Waals surface area contributed by atoms with Gasteiger partial charge in [-0.25, -0.2) is 0 Å². The molecule has 0 bridgehead atoms. The van der Waals surface area contributed by atoms with Crippen LogP contribution in [0.1, 0.15) is 79.0 Å². The maximum absolute atomic E-state index is 11.4. The standard InChI is InChI=1S/C16H30N2OS/c1-15(2,3)10-8-7-9-12(18-16(4,5)6)13-11-20-14(19)17-13/h11-12,18H,7-10H2,1-6H3,(H,17,19). The molecule has 0 spiro atoms. The highest BCUT2D eigenvalue weighted by Crippen LogP contribution is 2.26. The third kappa shape index (κ3) is 7.25. The van der Waals surface area contributed by atoms with E-state index in [2.05, 4.69) is 51.8 Å². The van der Waals surface area contributed by atoms with Crippen LogP contribution in [0.2, 0.25) is 0 Å². The molecule has 0 fully saturated rings. The Hall–Kier alpha value is -0.610. The fourth-order valence-corrected chi connectivity index (χ4v) is 2.93. The normalized spacial score (nSPS) is 14.5. The highest BCUT2D eigenvalue weighted by molar-refractivity contribution is 7.07. The zero-order chi connectivity index (χ0) is 15.4. The lowest BCUT2D eigenvalue weighted by atomic mass is 9.89. The van der Waals surface area contributed by atoms with Gasteiger partial charge in [-0.2, -0.15) is 0 Å². The number of unbranched alkanes of at least 4 members (excludes halogenated alkanes) is 1. The summed E-state index contributed by atoms with van der Waals surface area (Å²) in [7, 11) is 0. The predicted octanol–water partition coefficient (Wildman–Crippen LogP) is 4.47. The van der Waals surface area contributed by atoms with Crippen LogP contribution in [0.4, 0.5) is 0 Å². The Morgan fingerprint density at radius 1 is 1.20 bits per heavy atom. The largest absolute Gasteiger partial charge is 0.315 e. The molecule has 1 heterocycles. The van der Waals surface area contributed by atoms with Crippen molar-refractivity contribution < 1.29 is 0 Å². The SMILES string of the molecule is CC(C)(C)CCCCC(NC(C)(C)C)c1csc(=O)[nH]1. The van der Waals surface area contributed by atoms with Crippen molar-refractivity contribution in [3.63, 3.8) is 0 Å². The number of hydrogen-bond donors (Lipinski definition) is 2. The van der Waals surface area contributed by atoms with E-state index in [-0.39, 0.29) is 16.5 Å². The predicted molar refractivity (Wildman–Crippen MR) is 88.5 cm³/mol. The highest BCUT2D eigenvalue weighted by Gasteiger charge is 2.20. The second-order valence-corrected chi connectivity index (χ2v) is 8.70. The van der Waals surface area contributed by atoms with E-state index in [0.29, 0.717) is 5.41 Å². The van der Waals surface area contributed by atoms with Crippen molar-refractivity contribution in [2.45, 2.75) is 78.8 Å². The van der Waals surface area contributed by atoms with Gasteiger partial charge in [0.25, 0.3) is 0 Å². The molecule has 116 valence electrons. The number of rotatable bonds is 6. The van der Waals surface area contributed by atoms with Gasteiger partial charge in [0.1, 0.15) is 0 Å². The number of hydrogen-bond acceptors (Lipinski definition) is 3. The number of H-pyrrole nitrogens is 1. The zero-order valence-corrected chi connectivity index (χ0v) is 14.6. The van der Waals surface area contributed by atoms with Gasteiger partial charge in [-0.1, -0.05) is 44.9 Å². The van der Waals surface area contributed by atoms with Gasteiger partial charge < -0.3 is 10.3 Å². The van der Waals surface area contributed by atoms with Crippen molar-refractivity contribution in [3.8, 4) is 0 Å². The van der Waals surface area contributed by atoms with Crippen LogP contribution in [0, 0.1) is 5.41 Å². The summed E-state index contributed by atoms with van der Waals surface area (Å²) in [5.41, 5.74) is 1.49. The molecule has 4 heteroatoms. The summed E-state index contributed by atoms with van der Waals surface area (Å²) in [4.78, 5) is 14.4. The van der Waals surface area contributed by atoms with Crippen LogP contribution in [0.5, 0.6) is 0 Å². The number of aromatic amines is 1. The lowest BCUT2D eigenvalue weighted by Crippen LogP contribution is -2.39. The van der Waals surface area contributed by atoms with E-state index < -0.39 is 0 Å². The molecular formula is C16H30N2OS. The van der Waals surface area contributed by atoms with Crippen molar-refractivity contribution in [1.29, 1.82) is 0 Å². The first-order valence-corrected chi connectivity index (χ1v) is 8.40. The summed E-state index contributed by atoms with van der Waals surface area (Å²) in [5, 5.41) is 5.57. The molecule has 2 N–H and O–H groups in total. The van der Waals surface area contributed by atoms with Gasteiger partial charge in [0.2, 0.25) is 0 Å². The Bertz CT molecular complexity index is 448. The monoisotopic (exact) mass is 298 g/mol. The van der Waals surface area contributed by atoms with Crippen molar-refractivity contribution >= 4 is 11.3 Å². The Labute approximate surface area is 127 Å². The molecule has 1 aromatic rings. The fourth-order valence-electron chi connectivity index (χ4n) is 2.29. The van der Waals surface area contributed by atoms with E-state index in [1.807, 2.05) is 5.38 Å². The van der Waals surface area contributed by atoms with E-state index in [0.717, 1.165) is 12.1 Å². The van der Waals surface area contributed by atoms with Crippen molar-refractivity contribution in [3.05, 3.63) is 20.7 Å². The average Bonchev–Trinajstić information content (AvgIpc) is 2.66.